The average molecular weight is 290 g/mol. The summed E-state index contributed by atoms with van der Waals surface area (Å²) in [4.78, 5) is 17.4. The van der Waals surface area contributed by atoms with Crippen molar-refractivity contribution in [2.45, 2.75) is 32.9 Å². The summed E-state index contributed by atoms with van der Waals surface area (Å²) in [6.07, 6.45) is 1.10. The molecule has 0 radical (unpaired) electrons. The molecule has 2 N–H and O–H groups in total. The summed E-state index contributed by atoms with van der Waals surface area (Å²) in [6, 6.07) is 7.67. The fraction of sp³-hybridized carbons (Fsp3) is 0.500. The molecule has 0 saturated carbocycles. The van der Waals surface area contributed by atoms with Gasteiger partial charge in [-0.2, -0.15) is 0 Å². The molecule has 0 aliphatic heterocycles. The normalized spacial score (nSPS) is 12.7. The Labute approximate surface area is 125 Å². The molecule has 0 bridgehead atoms. The Kier molecular flexibility index (Phi) is 5.47. The van der Waals surface area contributed by atoms with Crippen molar-refractivity contribution in [3.05, 3.63) is 40.4 Å². The standard InChI is InChI=1S/C16H23N3O2/c1-4-9-17-12(2)15-18-14-8-6-5-7-13(14)16(20)19(15)10-11-21-3/h5-8,12,17H,4,9-11H2,1-3H3/p+1/t12-/m0/s1. The average Bonchev–Trinajstić information content (AvgIpc) is 2.51. The third-order valence-corrected chi connectivity index (χ3v) is 3.63. The lowest BCUT2D eigenvalue weighted by molar-refractivity contribution is -0.694. The first-order valence-electron chi connectivity index (χ1n) is 7.50. The molecule has 1 heterocycles. The zero-order chi connectivity index (χ0) is 15.2. The van der Waals surface area contributed by atoms with Crippen LogP contribution in [-0.4, -0.2) is 29.8 Å². The van der Waals surface area contributed by atoms with Crippen LogP contribution >= 0.6 is 0 Å². The van der Waals surface area contributed by atoms with Crippen LogP contribution in [0, 0.1) is 0 Å². The number of benzene rings is 1. The van der Waals surface area contributed by atoms with E-state index in [1.54, 1.807) is 11.7 Å². The summed E-state index contributed by atoms with van der Waals surface area (Å²) in [6.45, 7) is 6.30. The van der Waals surface area contributed by atoms with Gasteiger partial charge in [-0.05, 0) is 25.5 Å². The lowest BCUT2D eigenvalue weighted by Crippen LogP contribution is -2.85. The van der Waals surface area contributed by atoms with Gasteiger partial charge in [0.15, 0.2) is 5.82 Å². The van der Waals surface area contributed by atoms with Gasteiger partial charge < -0.3 is 10.1 Å². The molecule has 1 aromatic heterocycles. The van der Waals surface area contributed by atoms with Gasteiger partial charge in [0.25, 0.3) is 5.56 Å². The minimum absolute atomic E-state index is 0.0180. The molecule has 2 rings (SSSR count). The largest absolute Gasteiger partial charge is 0.383 e. The molecule has 2 aromatic rings. The number of methoxy groups -OCH3 is 1. The molecule has 0 fully saturated rings. The number of aromatic nitrogens is 2. The summed E-state index contributed by atoms with van der Waals surface area (Å²) in [7, 11) is 1.64. The van der Waals surface area contributed by atoms with Gasteiger partial charge in [0.2, 0.25) is 0 Å². The zero-order valence-corrected chi connectivity index (χ0v) is 13.0. The highest BCUT2D eigenvalue weighted by molar-refractivity contribution is 5.77. The van der Waals surface area contributed by atoms with E-state index in [9.17, 15) is 4.79 Å². The Morgan fingerprint density at radius 1 is 1.38 bits per heavy atom. The molecule has 5 nitrogen and oxygen atoms in total. The van der Waals surface area contributed by atoms with E-state index in [1.807, 2.05) is 24.3 Å². The van der Waals surface area contributed by atoms with Crippen molar-refractivity contribution in [2.24, 2.45) is 0 Å². The molecule has 0 saturated heterocycles. The van der Waals surface area contributed by atoms with Gasteiger partial charge >= 0.3 is 0 Å². The van der Waals surface area contributed by atoms with Gasteiger partial charge in [-0.25, -0.2) is 4.98 Å². The van der Waals surface area contributed by atoms with Crippen molar-refractivity contribution in [3.63, 3.8) is 0 Å². The van der Waals surface area contributed by atoms with E-state index in [-0.39, 0.29) is 11.6 Å². The van der Waals surface area contributed by atoms with Crippen LogP contribution in [-0.2, 0) is 11.3 Å². The van der Waals surface area contributed by atoms with Crippen LogP contribution in [0.3, 0.4) is 0 Å². The quantitative estimate of drug-likeness (QED) is 0.830. The Hall–Kier alpha value is -1.72. The molecule has 21 heavy (non-hydrogen) atoms. The molecule has 0 aliphatic carbocycles. The molecule has 5 heteroatoms. The van der Waals surface area contributed by atoms with E-state index < -0.39 is 0 Å². The van der Waals surface area contributed by atoms with E-state index >= 15 is 0 Å². The van der Waals surface area contributed by atoms with Crippen LogP contribution in [0.5, 0.6) is 0 Å². The Balaban J connectivity index is 2.51. The van der Waals surface area contributed by atoms with Crippen molar-refractivity contribution in [3.8, 4) is 0 Å². The van der Waals surface area contributed by atoms with E-state index in [0.717, 1.165) is 24.3 Å². The van der Waals surface area contributed by atoms with Crippen LogP contribution in [0.4, 0.5) is 0 Å². The van der Waals surface area contributed by atoms with Gasteiger partial charge in [0.05, 0.1) is 30.6 Å². The van der Waals surface area contributed by atoms with Crippen molar-refractivity contribution in [1.82, 2.24) is 9.55 Å². The highest BCUT2D eigenvalue weighted by Gasteiger charge is 2.18. The number of ether oxygens (including phenoxy) is 1. The maximum atomic E-state index is 12.7. The molecule has 0 aliphatic rings. The van der Waals surface area contributed by atoms with Crippen molar-refractivity contribution in [1.29, 1.82) is 0 Å². The number of hydrogen-bond donors (Lipinski definition) is 1. The number of para-hydroxylation sites is 1. The molecule has 0 amide bonds. The lowest BCUT2D eigenvalue weighted by Gasteiger charge is -2.17. The fourth-order valence-corrected chi connectivity index (χ4v) is 2.45. The van der Waals surface area contributed by atoms with E-state index in [1.165, 1.54) is 0 Å². The number of hydrogen-bond acceptors (Lipinski definition) is 3. The van der Waals surface area contributed by atoms with Crippen molar-refractivity contribution >= 4 is 10.9 Å². The first-order valence-corrected chi connectivity index (χ1v) is 7.50. The van der Waals surface area contributed by atoms with E-state index in [2.05, 4.69) is 19.2 Å². The Morgan fingerprint density at radius 3 is 2.86 bits per heavy atom. The molecule has 114 valence electrons. The van der Waals surface area contributed by atoms with E-state index in [0.29, 0.717) is 18.5 Å². The maximum Gasteiger partial charge on any atom is 0.261 e. The van der Waals surface area contributed by atoms with Gasteiger partial charge in [-0.15, -0.1) is 0 Å². The number of rotatable bonds is 7. The highest BCUT2D eigenvalue weighted by Crippen LogP contribution is 2.11. The van der Waals surface area contributed by atoms with E-state index in [4.69, 9.17) is 9.72 Å². The maximum absolute atomic E-state index is 12.7. The summed E-state index contributed by atoms with van der Waals surface area (Å²) in [5.41, 5.74) is 0.785. The highest BCUT2D eigenvalue weighted by atomic mass is 16.5. The van der Waals surface area contributed by atoms with Crippen LogP contribution in [0.25, 0.3) is 10.9 Å². The molecular formula is C16H24N3O2+. The fourth-order valence-electron chi connectivity index (χ4n) is 2.45. The second-order valence-electron chi connectivity index (χ2n) is 5.25. The predicted molar refractivity (Wildman–Crippen MR) is 83.4 cm³/mol. The molecular weight excluding hydrogens is 266 g/mol. The second-order valence-corrected chi connectivity index (χ2v) is 5.25. The van der Waals surface area contributed by atoms with Gasteiger partial charge in [0, 0.05) is 7.11 Å². The molecule has 1 atom stereocenters. The molecule has 1 aromatic carbocycles. The Morgan fingerprint density at radius 2 is 2.14 bits per heavy atom. The topological polar surface area (TPSA) is 60.7 Å². The predicted octanol–water partition coefficient (Wildman–Crippen LogP) is 1.08. The molecule has 0 spiro atoms. The third kappa shape index (κ3) is 3.49. The van der Waals surface area contributed by atoms with Gasteiger partial charge in [-0.3, -0.25) is 9.36 Å². The minimum Gasteiger partial charge on any atom is -0.383 e. The minimum atomic E-state index is 0.0180. The summed E-state index contributed by atoms with van der Waals surface area (Å²) in [5, 5.41) is 2.89. The zero-order valence-electron chi connectivity index (χ0n) is 13.0. The first-order chi connectivity index (χ1) is 10.2. The van der Waals surface area contributed by atoms with Crippen LogP contribution in [0.1, 0.15) is 32.1 Å². The number of quaternary nitrogens is 1. The van der Waals surface area contributed by atoms with Gasteiger partial charge in [0.1, 0.15) is 6.04 Å². The van der Waals surface area contributed by atoms with Crippen molar-refractivity contribution in [2.75, 3.05) is 20.3 Å². The lowest BCUT2D eigenvalue weighted by atomic mass is 10.2. The van der Waals surface area contributed by atoms with Crippen LogP contribution in [0.15, 0.2) is 29.1 Å². The smallest absolute Gasteiger partial charge is 0.261 e. The number of nitrogens with two attached hydrogens (primary N) is 1. The van der Waals surface area contributed by atoms with Gasteiger partial charge in [-0.1, -0.05) is 19.1 Å². The van der Waals surface area contributed by atoms with Crippen molar-refractivity contribution < 1.29 is 10.1 Å². The summed E-state index contributed by atoms with van der Waals surface area (Å²) >= 11 is 0. The third-order valence-electron chi connectivity index (χ3n) is 3.63. The monoisotopic (exact) mass is 290 g/mol. The van der Waals surface area contributed by atoms with Crippen LogP contribution in [0.2, 0.25) is 0 Å². The number of nitrogens with zero attached hydrogens (tertiary/aromatic N) is 2. The molecule has 0 unspecified atom stereocenters. The SMILES string of the molecule is CCC[NH2+][C@@H](C)c1nc2ccccc2c(=O)n1CCOC. The number of fused-ring (bicyclic) bond motifs is 1. The Bertz CT molecular complexity index is 652. The van der Waals surface area contributed by atoms with Crippen LogP contribution < -0.4 is 10.9 Å². The second kappa shape index (κ2) is 7.33. The summed E-state index contributed by atoms with van der Waals surface area (Å²) < 4.78 is 6.88. The first kappa shape index (κ1) is 15.7. The summed E-state index contributed by atoms with van der Waals surface area (Å²) in [5.74, 6) is 0.823.